The van der Waals surface area contributed by atoms with Crippen LogP contribution in [-0.4, -0.2) is 24.3 Å². The van der Waals surface area contributed by atoms with E-state index in [0.717, 1.165) is 0 Å². The van der Waals surface area contributed by atoms with Crippen LogP contribution in [0.1, 0.15) is 0 Å². The van der Waals surface area contributed by atoms with Gasteiger partial charge < -0.3 is 0 Å². The van der Waals surface area contributed by atoms with Crippen molar-refractivity contribution >= 4 is 47.1 Å². The molecule has 8 heteroatoms. The summed E-state index contributed by atoms with van der Waals surface area (Å²) in [5.74, 6) is 0. The second-order valence-corrected chi connectivity index (χ2v) is 3.82. The van der Waals surface area contributed by atoms with Gasteiger partial charge in [0, 0.05) is 0 Å². The van der Waals surface area contributed by atoms with E-state index in [1.807, 2.05) is 0 Å². The van der Waals surface area contributed by atoms with E-state index in [0.29, 0.717) is 22.7 Å². The highest BCUT2D eigenvalue weighted by molar-refractivity contribution is 5.67. The maximum absolute atomic E-state index is 9.90. The Hall–Kier alpha value is -4.04. The van der Waals surface area contributed by atoms with Gasteiger partial charge in [-0.3, -0.25) is 0 Å². The molecule has 0 aliphatic heterocycles. The number of rotatable bonds is 4. The lowest BCUT2D eigenvalue weighted by Crippen LogP contribution is -1.66. The lowest BCUT2D eigenvalue weighted by molar-refractivity contribution is 0.564. The van der Waals surface area contributed by atoms with Crippen molar-refractivity contribution in [2.75, 3.05) is 0 Å². The van der Waals surface area contributed by atoms with Crippen LogP contribution in [0.4, 0.5) is 22.7 Å². The van der Waals surface area contributed by atoms with E-state index in [1.165, 1.54) is 24.3 Å². The minimum Gasteiger partial charge on any atom is -0.211 e. The Labute approximate surface area is 135 Å². The molecule has 0 unspecified atom stereocenters. The fraction of sp³-hybridized carbons (Fsp3) is 0. The Morgan fingerprint density at radius 1 is 0.500 bits per heavy atom. The third-order valence-corrected chi connectivity index (χ3v) is 2.41. The molecule has 0 aliphatic rings. The van der Waals surface area contributed by atoms with Gasteiger partial charge in [-0.2, -0.15) is 20.0 Å². The Balaban J connectivity index is 0.000000240. The van der Waals surface area contributed by atoms with E-state index in [2.05, 4.69) is 20.0 Å². The monoisotopic (exact) mass is 320 g/mol. The molecule has 116 valence electrons. The summed E-state index contributed by atoms with van der Waals surface area (Å²) in [6, 6.07) is 12.7. The lowest BCUT2D eigenvalue weighted by Gasteiger charge is -1.92. The number of hydrogen-bond donors (Lipinski definition) is 0. The molecule has 24 heavy (non-hydrogen) atoms. The van der Waals surface area contributed by atoms with E-state index in [9.17, 15) is 19.2 Å². The van der Waals surface area contributed by atoms with Gasteiger partial charge in [0.25, 0.3) is 0 Å². The van der Waals surface area contributed by atoms with Gasteiger partial charge in [-0.05, 0) is 36.4 Å². The molecule has 0 heterocycles. The Morgan fingerprint density at radius 2 is 0.833 bits per heavy atom. The lowest BCUT2D eigenvalue weighted by atomic mass is 10.3. The number of para-hydroxylation sites is 2. The van der Waals surface area contributed by atoms with Gasteiger partial charge in [0.15, 0.2) is 0 Å². The molecule has 0 amide bonds. The van der Waals surface area contributed by atoms with Crippen molar-refractivity contribution in [1.29, 1.82) is 0 Å². The second kappa shape index (κ2) is 10.7. The van der Waals surface area contributed by atoms with Crippen LogP contribution >= 0.6 is 0 Å². The number of aliphatic imine (C=N–C) groups is 4. The average molecular weight is 320 g/mol. The summed E-state index contributed by atoms with van der Waals surface area (Å²) >= 11 is 0. The van der Waals surface area contributed by atoms with Crippen molar-refractivity contribution in [3.8, 4) is 0 Å². The first-order valence-electron chi connectivity index (χ1n) is 6.25. The molecule has 0 aliphatic carbocycles. The van der Waals surface area contributed by atoms with Crippen LogP contribution in [0.15, 0.2) is 68.5 Å². The summed E-state index contributed by atoms with van der Waals surface area (Å²) in [6.07, 6.45) is 5.54. The summed E-state index contributed by atoms with van der Waals surface area (Å²) in [6.45, 7) is 0. The number of hydrogen-bond acceptors (Lipinski definition) is 8. The summed E-state index contributed by atoms with van der Waals surface area (Å²) in [5.41, 5.74) is 1.59. The molecular formula is C16H8N4O4. The number of benzene rings is 2. The van der Waals surface area contributed by atoms with Crippen LogP contribution < -0.4 is 0 Å². The predicted octanol–water partition coefficient (Wildman–Crippen LogP) is 3.24. The molecule has 2 rings (SSSR count). The zero-order valence-corrected chi connectivity index (χ0v) is 12.0. The Kier molecular flexibility index (Phi) is 7.99. The van der Waals surface area contributed by atoms with Crippen molar-refractivity contribution in [1.82, 2.24) is 0 Å². The van der Waals surface area contributed by atoms with E-state index < -0.39 is 0 Å². The first kappa shape index (κ1) is 18.0. The minimum absolute atomic E-state index is 0.316. The average Bonchev–Trinajstić information content (AvgIpc) is 2.60. The van der Waals surface area contributed by atoms with Crippen LogP contribution in [0.3, 0.4) is 0 Å². The number of isocyanates is 4. The normalized spacial score (nSPS) is 8.00. The summed E-state index contributed by atoms with van der Waals surface area (Å²) < 4.78 is 0. The number of carbonyl (C=O) groups excluding carboxylic acids is 4. The third-order valence-electron chi connectivity index (χ3n) is 2.41. The van der Waals surface area contributed by atoms with E-state index in [1.54, 1.807) is 48.5 Å². The summed E-state index contributed by atoms with van der Waals surface area (Å²) in [5, 5.41) is 0. The third kappa shape index (κ3) is 6.16. The Bertz CT molecular complexity index is 809. The first-order valence-corrected chi connectivity index (χ1v) is 6.25. The molecule has 0 spiro atoms. The first-order chi connectivity index (χ1) is 11.7. The molecule has 0 aromatic heterocycles. The highest BCUT2D eigenvalue weighted by Gasteiger charge is 1.96. The van der Waals surface area contributed by atoms with Crippen LogP contribution in [-0.2, 0) is 19.2 Å². The molecule has 0 bridgehead atoms. The molecule has 0 saturated carbocycles. The topological polar surface area (TPSA) is 118 Å². The zero-order valence-electron chi connectivity index (χ0n) is 12.0. The van der Waals surface area contributed by atoms with Crippen LogP contribution in [0.25, 0.3) is 0 Å². The SMILES string of the molecule is O=C=Nc1ccc(N=C=O)cc1.O=C=Nc1ccccc1N=C=O. The molecule has 2 aromatic carbocycles. The smallest absolute Gasteiger partial charge is 0.211 e. The van der Waals surface area contributed by atoms with Crippen molar-refractivity contribution < 1.29 is 19.2 Å². The second-order valence-electron chi connectivity index (χ2n) is 3.82. The van der Waals surface area contributed by atoms with Crippen LogP contribution in [0, 0.1) is 0 Å². The fourth-order valence-corrected chi connectivity index (χ4v) is 1.46. The molecule has 0 atom stereocenters. The molecule has 0 saturated heterocycles. The molecule has 0 N–H and O–H groups in total. The molecular weight excluding hydrogens is 312 g/mol. The highest BCUT2D eigenvalue weighted by atomic mass is 16.1. The van der Waals surface area contributed by atoms with E-state index in [-0.39, 0.29) is 0 Å². The van der Waals surface area contributed by atoms with Gasteiger partial charge in [0.05, 0.1) is 11.4 Å². The van der Waals surface area contributed by atoms with Crippen LogP contribution in [0.5, 0.6) is 0 Å². The van der Waals surface area contributed by atoms with Gasteiger partial charge in [-0.1, -0.05) is 12.1 Å². The maximum Gasteiger partial charge on any atom is 0.240 e. The van der Waals surface area contributed by atoms with Crippen LogP contribution in [0.2, 0.25) is 0 Å². The van der Waals surface area contributed by atoms with Gasteiger partial charge >= 0.3 is 0 Å². The molecule has 0 fully saturated rings. The summed E-state index contributed by atoms with van der Waals surface area (Å²) in [7, 11) is 0. The van der Waals surface area contributed by atoms with Crippen molar-refractivity contribution in [2.45, 2.75) is 0 Å². The van der Waals surface area contributed by atoms with Gasteiger partial charge in [-0.25, -0.2) is 19.2 Å². The van der Waals surface area contributed by atoms with Gasteiger partial charge in [0.2, 0.25) is 24.3 Å². The summed E-state index contributed by atoms with van der Waals surface area (Å²) in [4.78, 5) is 52.8. The Morgan fingerprint density at radius 3 is 1.12 bits per heavy atom. The molecule has 0 radical (unpaired) electrons. The fourth-order valence-electron chi connectivity index (χ4n) is 1.46. The highest BCUT2D eigenvalue weighted by Crippen LogP contribution is 2.25. The standard InChI is InChI=1S/2C8H4N2O2/c11-5-9-7-1-2-8(4-3-7)10-6-12;11-5-9-7-3-1-2-4-8(7)10-6-12/h2*1-4H. The largest absolute Gasteiger partial charge is 0.240 e. The van der Waals surface area contributed by atoms with E-state index >= 15 is 0 Å². The molecule has 2 aromatic rings. The maximum atomic E-state index is 9.90. The van der Waals surface area contributed by atoms with E-state index in [4.69, 9.17) is 0 Å². The molecule has 8 nitrogen and oxygen atoms in total. The predicted molar refractivity (Wildman–Crippen MR) is 84.0 cm³/mol. The zero-order chi connectivity index (χ0) is 17.6. The van der Waals surface area contributed by atoms with Crippen molar-refractivity contribution in [3.05, 3.63) is 48.5 Å². The van der Waals surface area contributed by atoms with Gasteiger partial charge in [-0.15, -0.1) is 0 Å². The van der Waals surface area contributed by atoms with Crippen molar-refractivity contribution in [3.63, 3.8) is 0 Å². The minimum atomic E-state index is 0.316. The number of nitrogens with zero attached hydrogens (tertiary/aromatic N) is 4. The quantitative estimate of drug-likeness (QED) is 0.634. The van der Waals surface area contributed by atoms with Gasteiger partial charge in [0.1, 0.15) is 11.4 Å². The van der Waals surface area contributed by atoms with Crippen molar-refractivity contribution in [2.24, 2.45) is 20.0 Å².